The summed E-state index contributed by atoms with van der Waals surface area (Å²) in [6.45, 7) is 2.09. The zero-order chi connectivity index (χ0) is 12.3. The molecule has 0 amide bonds. The monoisotopic (exact) mass is 251 g/mol. The zero-order valence-electron chi connectivity index (χ0n) is 9.13. The second kappa shape index (κ2) is 4.97. The molecule has 0 aliphatic rings. The van der Waals surface area contributed by atoms with E-state index in [4.69, 9.17) is 16.3 Å². The van der Waals surface area contributed by atoms with E-state index in [2.05, 4.69) is 10.1 Å². The Bertz CT molecular complexity index is 522. The average Bonchev–Trinajstić information content (AvgIpc) is 2.80. The summed E-state index contributed by atoms with van der Waals surface area (Å²) < 4.78 is 6.35. The number of carbonyl (C=O) groups is 1. The lowest BCUT2D eigenvalue weighted by atomic mass is 10.4. The average molecular weight is 252 g/mol. The van der Waals surface area contributed by atoms with Gasteiger partial charge in [0.25, 0.3) is 0 Å². The van der Waals surface area contributed by atoms with Gasteiger partial charge in [-0.15, -0.1) is 0 Å². The minimum absolute atomic E-state index is 0.337. The molecule has 0 aliphatic carbocycles. The van der Waals surface area contributed by atoms with Gasteiger partial charge in [0.2, 0.25) is 0 Å². The Balaban J connectivity index is 2.23. The Morgan fingerprint density at radius 1 is 1.47 bits per heavy atom. The highest BCUT2D eigenvalue weighted by Gasteiger charge is 2.10. The van der Waals surface area contributed by atoms with Crippen LogP contribution in [0.5, 0.6) is 0 Å². The van der Waals surface area contributed by atoms with Crippen LogP contribution in [0.2, 0.25) is 5.02 Å². The molecule has 0 saturated heterocycles. The third-order valence-electron chi connectivity index (χ3n) is 2.04. The first-order valence-electron chi connectivity index (χ1n) is 5.04. The molecule has 88 valence electrons. The maximum atomic E-state index is 11.4. The molecule has 2 heterocycles. The summed E-state index contributed by atoms with van der Waals surface area (Å²) in [5, 5.41) is 4.58. The summed E-state index contributed by atoms with van der Waals surface area (Å²) in [5.74, 6) is 0.192. The van der Waals surface area contributed by atoms with E-state index < -0.39 is 5.97 Å². The van der Waals surface area contributed by atoms with E-state index in [0.29, 0.717) is 23.0 Å². The molecule has 2 rings (SSSR count). The predicted octanol–water partition coefficient (Wildman–Crippen LogP) is 2.10. The summed E-state index contributed by atoms with van der Waals surface area (Å²) >= 11 is 5.73. The van der Waals surface area contributed by atoms with Crippen LogP contribution in [0.1, 0.15) is 17.3 Å². The van der Waals surface area contributed by atoms with Gasteiger partial charge in [-0.05, 0) is 19.1 Å². The van der Waals surface area contributed by atoms with Gasteiger partial charge in [0.15, 0.2) is 5.82 Å². The van der Waals surface area contributed by atoms with Crippen LogP contribution in [-0.4, -0.2) is 27.3 Å². The van der Waals surface area contributed by atoms with Crippen molar-refractivity contribution in [3.05, 3.63) is 41.3 Å². The Morgan fingerprint density at radius 2 is 2.29 bits per heavy atom. The molecule has 0 N–H and O–H groups in total. The van der Waals surface area contributed by atoms with Crippen LogP contribution in [0, 0.1) is 0 Å². The van der Waals surface area contributed by atoms with Crippen molar-refractivity contribution in [3.8, 4) is 5.82 Å². The molecule has 0 unspecified atom stereocenters. The van der Waals surface area contributed by atoms with Gasteiger partial charge in [0, 0.05) is 12.4 Å². The number of nitrogens with zero attached hydrogens (tertiary/aromatic N) is 3. The van der Waals surface area contributed by atoms with Crippen molar-refractivity contribution in [3.63, 3.8) is 0 Å². The summed E-state index contributed by atoms with van der Waals surface area (Å²) in [6, 6.07) is 3.42. The highest BCUT2D eigenvalue weighted by molar-refractivity contribution is 6.30. The van der Waals surface area contributed by atoms with Crippen molar-refractivity contribution < 1.29 is 9.53 Å². The fourth-order valence-corrected chi connectivity index (χ4v) is 1.38. The van der Waals surface area contributed by atoms with Crippen LogP contribution < -0.4 is 0 Å². The molecule has 0 atom stereocenters. The van der Waals surface area contributed by atoms with Crippen LogP contribution >= 0.6 is 11.6 Å². The smallest absolute Gasteiger partial charge is 0.341 e. The normalized spacial score (nSPS) is 10.2. The van der Waals surface area contributed by atoms with E-state index in [-0.39, 0.29) is 0 Å². The summed E-state index contributed by atoms with van der Waals surface area (Å²) in [6.07, 6.45) is 4.52. The van der Waals surface area contributed by atoms with Crippen molar-refractivity contribution >= 4 is 17.6 Å². The Hall–Kier alpha value is -1.88. The molecule has 0 aliphatic heterocycles. The fourth-order valence-electron chi connectivity index (χ4n) is 1.27. The summed E-state index contributed by atoms with van der Waals surface area (Å²) in [4.78, 5) is 15.5. The van der Waals surface area contributed by atoms with E-state index in [9.17, 15) is 4.79 Å². The summed E-state index contributed by atoms with van der Waals surface area (Å²) in [7, 11) is 0. The molecule has 0 saturated carbocycles. The predicted molar refractivity (Wildman–Crippen MR) is 62.3 cm³/mol. The number of halogens is 1. The molecule has 17 heavy (non-hydrogen) atoms. The third-order valence-corrected chi connectivity index (χ3v) is 2.26. The molecule has 6 heteroatoms. The van der Waals surface area contributed by atoms with Crippen LogP contribution in [0.25, 0.3) is 5.82 Å². The molecule has 0 aromatic carbocycles. The number of hydrogen-bond donors (Lipinski definition) is 0. The lowest BCUT2D eigenvalue weighted by Gasteiger charge is -1.99. The van der Waals surface area contributed by atoms with Gasteiger partial charge in [-0.25, -0.2) is 14.5 Å². The van der Waals surface area contributed by atoms with Gasteiger partial charge in [-0.2, -0.15) is 5.10 Å². The first-order chi connectivity index (χ1) is 8.20. The van der Waals surface area contributed by atoms with E-state index >= 15 is 0 Å². The number of carbonyl (C=O) groups excluding carboxylic acids is 1. The summed E-state index contributed by atoms with van der Waals surface area (Å²) in [5.41, 5.74) is 0.392. The van der Waals surface area contributed by atoms with Gasteiger partial charge in [0.05, 0.1) is 23.4 Å². The van der Waals surface area contributed by atoms with E-state index in [1.54, 1.807) is 25.3 Å². The standard InChI is InChI=1S/C11H10ClN3O2/c1-2-17-11(16)8-5-14-15(7-8)10-4-3-9(12)6-13-10/h3-7H,2H2,1H3. The minimum Gasteiger partial charge on any atom is -0.462 e. The lowest BCUT2D eigenvalue weighted by molar-refractivity contribution is 0.0526. The Morgan fingerprint density at radius 3 is 2.94 bits per heavy atom. The zero-order valence-corrected chi connectivity index (χ0v) is 9.89. The van der Waals surface area contributed by atoms with Gasteiger partial charge in [0.1, 0.15) is 0 Å². The quantitative estimate of drug-likeness (QED) is 0.784. The van der Waals surface area contributed by atoms with E-state index in [1.165, 1.54) is 17.1 Å². The molecular weight excluding hydrogens is 242 g/mol. The van der Waals surface area contributed by atoms with Gasteiger partial charge < -0.3 is 4.74 Å². The fraction of sp³-hybridized carbons (Fsp3) is 0.182. The van der Waals surface area contributed by atoms with E-state index in [0.717, 1.165) is 0 Å². The minimum atomic E-state index is -0.396. The van der Waals surface area contributed by atoms with Gasteiger partial charge in [-0.1, -0.05) is 11.6 Å². The van der Waals surface area contributed by atoms with Crippen molar-refractivity contribution in [1.82, 2.24) is 14.8 Å². The van der Waals surface area contributed by atoms with E-state index in [1.807, 2.05) is 0 Å². The number of rotatable bonds is 3. The first-order valence-corrected chi connectivity index (χ1v) is 5.42. The topological polar surface area (TPSA) is 57.0 Å². The van der Waals surface area contributed by atoms with Crippen LogP contribution in [0.4, 0.5) is 0 Å². The van der Waals surface area contributed by atoms with Crippen molar-refractivity contribution in [2.45, 2.75) is 6.92 Å². The largest absolute Gasteiger partial charge is 0.462 e. The van der Waals surface area contributed by atoms with Crippen LogP contribution in [-0.2, 0) is 4.74 Å². The highest BCUT2D eigenvalue weighted by atomic mass is 35.5. The molecule has 0 bridgehead atoms. The first kappa shape index (κ1) is 11.6. The van der Waals surface area contributed by atoms with Crippen LogP contribution in [0.3, 0.4) is 0 Å². The Kier molecular flexibility index (Phi) is 3.39. The number of pyridine rings is 1. The van der Waals surface area contributed by atoms with Crippen molar-refractivity contribution in [1.29, 1.82) is 0 Å². The van der Waals surface area contributed by atoms with Gasteiger partial charge in [-0.3, -0.25) is 0 Å². The third kappa shape index (κ3) is 2.62. The molecule has 2 aromatic heterocycles. The molecular formula is C11H10ClN3O2. The number of ether oxygens (including phenoxy) is 1. The van der Waals surface area contributed by atoms with Crippen molar-refractivity contribution in [2.24, 2.45) is 0 Å². The maximum Gasteiger partial charge on any atom is 0.341 e. The second-order valence-corrected chi connectivity index (χ2v) is 3.67. The molecule has 0 spiro atoms. The van der Waals surface area contributed by atoms with Gasteiger partial charge >= 0.3 is 5.97 Å². The van der Waals surface area contributed by atoms with Crippen molar-refractivity contribution in [2.75, 3.05) is 6.61 Å². The molecule has 2 aromatic rings. The van der Waals surface area contributed by atoms with Crippen LogP contribution in [0.15, 0.2) is 30.7 Å². The second-order valence-electron chi connectivity index (χ2n) is 3.23. The highest BCUT2D eigenvalue weighted by Crippen LogP contribution is 2.10. The molecule has 0 radical (unpaired) electrons. The lowest BCUT2D eigenvalue weighted by Crippen LogP contribution is -2.03. The number of hydrogen-bond acceptors (Lipinski definition) is 4. The number of aromatic nitrogens is 3. The molecule has 0 fully saturated rings. The maximum absolute atomic E-state index is 11.4. The SMILES string of the molecule is CCOC(=O)c1cnn(-c2ccc(Cl)cn2)c1. The Labute approximate surface area is 103 Å². The molecule has 5 nitrogen and oxygen atoms in total. The number of esters is 1.